The van der Waals surface area contributed by atoms with Crippen molar-refractivity contribution in [1.29, 1.82) is 0 Å². The van der Waals surface area contributed by atoms with E-state index in [2.05, 4.69) is 20.5 Å². The SMILES string of the molecule is CC1(C(=O)Nc2ccc(N3CCCCC3)nc2)CCNC1.Cl.Cl. The van der Waals surface area contributed by atoms with Crippen LogP contribution in [0.1, 0.15) is 32.6 Å². The maximum atomic E-state index is 12.3. The van der Waals surface area contributed by atoms with E-state index in [1.807, 2.05) is 19.1 Å². The lowest BCUT2D eigenvalue weighted by Crippen LogP contribution is -2.35. The fraction of sp³-hybridized carbons (Fsp3) is 0.625. The molecule has 1 aromatic heterocycles. The summed E-state index contributed by atoms with van der Waals surface area (Å²) in [7, 11) is 0. The first-order chi connectivity index (χ1) is 10.2. The first kappa shape index (κ1) is 20.0. The summed E-state index contributed by atoms with van der Waals surface area (Å²) in [5, 5.41) is 6.24. The highest BCUT2D eigenvalue weighted by atomic mass is 35.5. The number of rotatable bonds is 3. The van der Waals surface area contributed by atoms with Crippen molar-refractivity contribution in [2.75, 3.05) is 36.4 Å². The first-order valence-corrected chi connectivity index (χ1v) is 7.91. The van der Waals surface area contributed by atoms with E-state index in [1.54, 1.807) is 6.20 Å². The quantitative estimate of drug-likeness (QED) is 0.869. The van der Waals surface area contributed by atoms with Gasteiger partial charge in [-0.25, -0.2) is 4.98 Å². The average molecular weight is 361 g/mol. The molecule has 2 N–H and O–H groups in total. The number of amides is 1. The van der Waals surface area contributed by atoms with Crippen molar-refractivity contribution >= 4 is 42.2 Å². The molecule has 3 rings (SSSR count). The topological polar surface area (TPSA) is 57.3 Å². The Bertz CT molecular complexity index is 497. The zero-order valence-electron chi connectivity index (χ0n) is 13.5. The number of carbonyl (C=O) groups is 1. The third-order valence-corrected chi connectivity index (χ3v) is 4.60. The van der Waals surface area contributed by atoms with Crippen LogP contribution in [-0.4, -0.2) is 37.1 Å². The maximum Gasteiger partial charge on any atom is 0.231 e. The van der Waals surface area contributed by atoms with Crippen molar-refractivity contribution in [3.05, 3.63) is 18.3 Å². The van der Waals surface area contributed by atoms with Crippen molar-refractivity contribution in [2.45, 2.75) is 32.6 Å². The van der Waals surface area contributed by atoms with Gasteiger partial charge in [0.2, 0.25) is 5.91 Å². The zero-order valence-corrected chi connectivity index (χ0v) is 15.1. The molecule has 1 atom stereocenters. The van der Waals surface area contributed by atoms with Crippen LogP contribution >= 0.6 is 24.8 Å². The van der Waals surface area contributed by atoms with Crippen LogP contribution in [0.3, 0.4) is 0 Å². The summed E-state index contributed by atoms with van der Waals surface area (Å²) in [5.41, 5.74) is 0.486. The molecule has 2 saturated heterocycles. The molecule has 3 heterocycles. The van der Waals surface area contributed by atoms with Gasteiger partial charge in [-0.3, -0.25) is 4.79 Å². The second-order valence-electron chi connectivity index (χ2n) is 6.39. The first-order valence-electron chi connectivity index (χ1n) is 7.91. The summed E-state index contributed by atoms with van der Waals surface area (Å²) in [6, 6.07) is 3.97. The number of halogens is 2. The Morgan fingerprint density at radius 3 is 2.57 bits per heavy atom. The number of carbonyl (C=O) groups excluding carboxylic acids is 1. The number of piperidine rings is 1. The van der Waals surface area contributed by atoms with Gasteiger partial charge in [0.05, 0.1) is 17.3 Å². The van der Waals surface area contributed by atoms with E-state index in [1.165, 1.54) is 19.3 Å². The molecule has 1 unspecified atom stereocenters. The van der Waals surface area contributed by atoms with Crippen molar-refractivity contribution < 1.29 is 4.79 Å². The van der Waals surface area contributed by atoms with Gasteiger partial charge in [0, 0.05) is 19.6 Å². The second-order valence-corrected chi connectivity index (χ2v) is 6.39. The fourth-order valence-electron chi connectivity index (χ4n) is 3.06. The molecule has 2 fully saturated rings. The highest BCUT2D eigenvalue weighted by Crippen LogP contribution is 2.26. The Hall–Kier alpha value is -1.04. The molecule has 0 aliphatic carbocycles. The Labute approximate surface area is 150 Å². The lowest BCUT2D eigenvalue weighted by Gasteiger charge is -2.27. The number of aromatic nitrogens is 1. The minimum atomic E-state index is -0.300. The largest absolute Gasteiger partial charge is 0.357 e. The van der Waals surface area contributed by atoms with E-state index in [9.17, 15) is 4.79 Å². The molecule has 23 heavy (non-hydrogen) atoms. The minimum Gasteiger partial charge on any atom is -0.357 e. The molecule has 130 valence electrons. The molecular formula is C16H26Cl2N4O. The summed E-state index contributed by atoms with van der Waals surface area (Å²) in [6.45, 7) is 5.84. The van der Waals surface area contributed by atoms with Gasteiger partial charge in [0.25, 0.3) is 0 Å². The van der Waals surface area contributed by atoms with E-state index in [-0.39, 0.29) is 36.1 Å². The molecule has 7 heteroatoms. The minimum absolute atomic E-state index is 0. The molecule has 0 bridgehead atoms. The number of nitrogens with one attached hydrogen (secondary N) is 2. The lowest BCUT2D eigenvalue weighted by atomic mass is 9.89. The van der Waals surface area contributed by atoms with E-state index < -0.39 is 0 Å². The number of hydrogen-bond acceptors (Lipinski definition) is 4. The van der Waals surface area contributed by atoms with Gasteiger partial charge in [0.1, 0.15) is 5.82 Å². The molecule has 0 aromatic carbocycles. The predicted octanol–water partition coefficient (Wildman–Crippen LogP) is 2.85. The van der Waals surface area contributed by atoms with Crippen LogP contribution in [0, 0.1) is 5.41 Å². The third kappa shape index (κ3) is 4.72. The van der Waals surface area contributed by atoms with Crippen molar-refractivity contribution in [2.24, 2.45) is 5.41 Å². The molecule has 0 radical (unpaired) electrons. The molecule has 2 aliphatic heterocycles. The summed E-state index contributed by atoms with van der Waals surface area (Å²) >= 11 is 0. The van der Waals surface area contributed by atoms with Gasteiger partial charge in [0.15, 0.2) is 0 Å². The predicted molar refractivity (Wildman–Crippen MR) is 99.0 cm³/mol. The van der Waals surface area contributed by atoms with Crippen LogP contribution < -0.4 is 15.5 Å². The number of nitrogens with zero attached hydrogens (tertiary/aromatic N) is 2. The summed E-state index contributed by atoms with van der Waals surface area (Å²) in [4.78, 5) is 19.2. The van der Waals surface area contributed by atoms with Crippen LogP contribution in [0.4, 0.5) is 11.5 Å². The lowest BCUT2D eigenvalue weighted by molar-refractivity contribution is -0.123. The van der Waals surface area contributed by atoms with Gasteiger partial charge in [-0.2, -0.15) is 0 Å². The maximum absolute atomic E-state index is 12.3. The van der Waals surface area contributed by atoms with Gasteiger partial charge >= 0.3 is 0 Å². The van der Waals surface area contributed by atoms with Gasteiger partial charge in [-0.15, -0.1) is 24.8 Å². The normalized spacial score (nSPS) is 23.6. The number of pyridine rings is 1. The third-order valence-electron chi connectivity index (χ3n) is 4.60. The van der Waals surface area contributed by atoms with E-state index >= 15 is 0 Å². The van der Waals surface area contributed by atoms with Gasteiger partial charge < -0.3 is 15.5 Å². The molecule has 2 aliphatic rings. The summed E-state index contributed by atoms with van der Waals surface area (Å²) in [6.07, 6.45) is 6.46. The van der Waals surface area contributed by atoms with Crippen LogP contribution in [0.25, 0.3) is 0 Å². The molecule has 1 aromatic rings. The number of hydrogen-bond donors (Lipinski definition) is 2. The Kier molecular flexibility index (Phi) is 7.58. The van der Waals surface area contributed by atoms with Gasteiger partial charge in [-0.05, 0) is 51.3 Å². The standard InChI is InChI=1S/C16H24N4O.2ClH/c1-16(7-8-17-12-16)15(21)19-13-5-6-14(18-11-13)20-9-3-2-4-10-20;;/h5-6,11,17H,2-4,7-10,12H2,1H3,(H,19,21);2*1H. The van der Waals surface area contributed by atoms with Crippen LogP contribution in [0.5, 0.6) is 0 Å². The molecule has 1 amide bonds. The van der Waals surface area contributed by atoms with Crippen molar-refractivity contribution in [3.63, 3.8) is 0 Å². The van der Waals surface area contributed by atoms with Crippen molar-refractivity contribution in [3.8, 4) is 0 Å². The second kappa shape index (κ2) is 8.71. The van der Waals surface area contributed by atoms with Crippen LogP contribution in [0.2, 0.25) is 0 Å². The number of anilines is 2. The molecule has 5 nitrogen and oxygen atoms in total. The Balaban J connectivity index is 0.00000132. The Morgan fingerprint density at radius 2 is 2.00 bits per heavy atom. The van der Waals surface area contributed by atoms with E-state index in [4.69, 9.17) is 0 Å². The van der Waals surface area contributed by atoms with Crippen molar-refractivity contribution in [1.82, 2.24) is 10.3 Å². The van der Waals surface area contributed by atoms with Crippen LogP contribution in [0.15, 0.2) is 18.3 Å². The van der Waals surface area contributed by atoms with Crippen LogP contribution in [-0.2, 0) is 4.79 Å². The summed E-state index contributed by atoms with van der Waals surface area (Å²) in [5.74, 6) is 1.10. The van der Waals surface area contributed by atoms with Gasteiger partial charge in [-0.1, -0.05) is 0 Å². The molecular weight excluding hydrogens is 335 g/mol. The monoisotopic (exact) mass is 360 g/mol. The fourth-order valence-corrected chi connectivity index (χ4v) is 3.06. The highest BCUT2D eigenvalue weighted by molar-refractivity contribution is 5.95. The average Bonchev–Trinajstić information content (AvgIpc) is 2.97. The van der Waals surface area contributed by atoms with E-state index in [0.717, 1.165) is 44.1 Å². The summed E-state index contributed by atoms with van der Waals surface area (Å²) < 4.78 is 0. The smallest absolute Gasteiger partial charge is 0.231 e. The zero-order chi connectivity index (χ0) is 14.7. The molecule has 0 spiro atoms. The Morgan fingerprint density at radius 1 is 1.26 bits per heavy atom. The highest BCUT2D eigenvalue weighted by Gasteiger charge is 2.36. The molecule has 0 saturated carbocycles. The van der Waals surface area contributed by atoms with E-state index in [0.29, 0.717) is 0 Å².